The summed E-state index contributed by atoms with van der Waals surface area (Å²) in [6, 6.07) is 5.76. The minimum absolute atomic E-state index is 0.0163. The van der Waals surface area contributed by atoms with Crippen molar-refractivity contribution in [2.24, 2.45) is 46.3 Å². The van der Waals surface area contributed by atoms with Gasteiger partial charge in [-0.1, -0.05) is 32.1 Å². The molecule has 4 aliphatic rings. The van der Waals surface area contributed by atoms with Gasteiger partial charge < -0.3 is 20.3 Å². The lowest BCUT2D eigenvalue weighted by atomic mass is 9.43. The Balaban J connectivity index is 1.10. The Bertz CT molecular complexity index is 1220. The fourth-order valence-corrected chi connectivity index (χ4v) is 10.9. The minimum Gasteiger partial charge on any atom is -0.497 e. The third-order valence-corrected chi connectivity index (χ3v) is 13.1. The predicted molar refractivity (Wildman–Crippen MR) is 156 cm³/mol. The zero-order chi connectivity index (χ0) is 27.5. The maximum absolute atomic E-state index is 12.9. The average molecular weight is 555 g/mol. The highest BCUT2D eigenvalue weighted by atomic mass is 32.1. The van der Waals surface area contributed by atoms with Gasteiger partial charge in [0.15, 0.2) is 5.13 Å². The van der Waals surface area contributed by atoms with Crippen molar-refractivity contribution in [3.8, 4) is 5.75 Å². The molecular weight excluding hydrogens is 508 g/mol. The van der Waals surface area contributed by atoms with Crippen LogP contribution in [-0.2, 0) is 4.79 Å². The van der Waals surface area contributed by atoms with E-state index in [-0.39, 0.29) is 28.9 Å². The van der Waals surface area contributed by atoms with Crippen molar-refractivity contribution in [1.29, 1.82) is 0 Å². The third-order valence-electron chi connectivity index (χ3n) is 12.2. The number of methoxy groups -OCH3 is 1. The van der Waals surface area contributed by atoms with Crippen LogP contribution in [0, 0.1) is 46.3 Å². The smallest absolute Gasteiger partial charge is 0.226 e. The van der Waals surface area contributed by atoms with Gasteiger partial charge in [0.25, 0.3) is 0 Å². The molecule has 10 unspecified atom stereocenters. The molecule has 39 heavy (non-hydrogen) atoms. The Morgan fingerprint density at radius 2 is 1.97 bits per heavy atom. The zero-order valence-corrected chi connectivity index (χ0v) is 24.8. The summed E-state index contributed by atoms with van der Waals surface area (Å²) in [5.41, 5.74) is 1.06. The monoisotopic (exact) mass is 554 g/mol. The number of benzene rings is 1. The third kappa shape index (κ3) is 4.61. The number of aliphatic hydroxyl groups excluding tert-OH is 2. The van der Waals surface area contributed by atoms with E-state index < -0.39 is 0 Å². The largest absolute Gasteiger partial charge is 0.497 e. The summed E-state index contributed by atoms with van der Waals surface area (Å²) in [5, 5.41) is 25.8. The molecule has 6 nitrogen and oxygen atoms in total. The van der Waals surface area contributed by atoms with Crippen LogP contribution < -0.4 is 10.1 Å². The summed E-state index contributed by atoms with van der Waals surface area (Å²) in [4.78, 5) is 17.5. The van der Waals surface area contributed by atoms with Crippen LogP contribution in [0.25, 0.3) is 10.2 Å². The highest BCUT2D eigenvalue weighted by Gasteiger charge is 2.63. The van der Waals surface area contributed by atoms with Crippen molar-refractivity contribution < 1.29 is 19.7 Å². The molecular formula is C32H46N2O4S. The van der Waals surface area contributed by atoms with Gasteiger partial charge in [-0.3, -0.25) is 4.79 Å². The van der Waals surface area contributed by atoms with Gasteiger partial charge in [-0.05, 0) is 122 Å². The minimum atomic E-state index is -0.283. The van der Waals surface area contributed by atoms with Crippen LogP contribution in [0.3, 0.4) is 0 Å². The van der Waals surface area contributed by atoms with E-state index in [9.17, 15) is 15.0 Å². The fraction of sp³-hybridized carbons (Fsp3) is 0.750. The Morgan fingerprint density at radius 3 is 2.77 bits per heavy atom. The molecule has 7 heteroatoms. The Hall–Kier alpha value is -1.70. The van der Waals surface area contributed by atoms with Crippen molar-refractivity contribution in [1.82, 2.24) is 4.98 Å². The normalized spacial score (nSPS) is 40.4. The van der Waals surface area contributed by atoms with Gasteiger partial charge in [0, 0.05) is 6.42 Å². The molecule has 0 spiro atoms. The maximum atomic E-state index is 12.9. The molecule has 0 radical (unpaired) electrons. The van der Waals surface area contributed by atoms with Gasteiger partial charge in [0.05, 0.1) is 29.5 Å². The summed E-state index contributed by atoms with van der Waals surface area (Å²) in [6.07, 6.45) is 9.61. The Morgan fingerprint density at radius 1 is 1.15 bits per heavy atom. The van der Waals surface area contributed by atoms with Gasteiger partial charge in [0.1, 0.15) is 5.75 Å². The maximum Gasteiger partial charge on any atom is 0.226 e. The second kappa shape index (κ2) is 10.3. The highest BCUT2D eigenvalue weighted by Crippen LogP contribution is 2.68. The van der Waals surface area contributed by atoms with E-state index in [1.54, 1.807) is 7.11 Å². The molecule has 3 N–H and O–H groups in total. The number of nitrogens with zero attached hydrogens (tertiary/aromatic N) is 1. The van der Waals surface area contributed by atoms with Crippen LogP contribution in [0.5, 0.6) is 5.75 Å². The van der Waals surface area contributed by atoms with Crippen LogP contribution in [0.2, 0.25) is 0 Å². The van der Waals surface area contributed by atoms with Crippen LogP contribution in [0.4, 0.5) is 5.13 Å². The molecule has 4 saturated carbocycles. The number of ether oxygens (including phenoxy) is 1. The number of carbonyl (C=O) groups excluding carboxylic acids is 1. The van der Waals surface area contributed by atoms with Crippen molar-refractivity contribution in [2.75, 3.05) is 12.4 Å². The predicted octanol–water partition coefficient (Wildman–Crippen LogP) is 6.65. The van der Waals surface area contributed by atoms with E-state index >= 15 is 0 Å². The number of hydrogen-bond donors (Lipinski definition) is 3. The number of anilines is 1. The second-order valence-corrected chi connectivity index (χ2v) is 14.8. The first kappa shape index (κ1) is 27.5. The van der Waals surface area contributed by atoms with Crippen molar-refractivity contribution in [3.05, 3.63) is 18.2 Å². The van der Waals surface area contributed by atoms with Gasteiger partial charge in [-0.2, -0.15) is 0 Å². The molecule has 4 aliphatic carbocycles. The highest BCUT2D eigenvalue weighted by molar-refractivity contribution is 7.22. The number of rotatable bonds is 6. The summed E-state index contributed by atoms with van der Waals surface area (Å²) < 4.78 is 6.31. The number of carbonyl (C=O) groups is 1. The van der Waals surface area contributed by atoms with Crippen molar-refractivity contribution >= 4 is 32.6 Å². The lowest BCUT2D eigenvalue weighted by Crippen LogP contribution is -2.58. The molecule has 4 fully saturated rings. The lowest BCUT2D eigenvalue weighted by molar-refractivity contribution is -0.174. The lowest BCUT2D eigenvalue weighted by Gasteiger charge is -2.62. The Kier molecular flexibility index (Phi) is 7.25. The summed E-state index contributed by atoms with van der Waals surface area (Å²) in [7, 11) is 1.65. The second-order valence-electron chi connectivity index (χ2n) is 13.8. The number of hydrogen-bond acceptors (Lipinski definition) is 6. The van der Waals surface area contributed by atoms with Gasteiger partial charge in [0.2, 0.25) is 5.91 Å². The first-order valence-electron chi connectivity index (χ1n) is 15.2. The fourth-order valence-electron chi connectivity index (χ4n) is 9.99. The average Bonchev–Trinajstić information content (AvgIpc) is 3.48. The number of nitrogens with one attached hydrogen (secondary N) is 1. The van der Waals surface area contributed by atoms with Crippen LogP contribution in [0.1, 0.15) is 85.0 Å². The van der Waals surface area contributed by atoms with Crippen molar-refractivity contribution in [3.63, 3.8) is 0 Å². The summed E-state index contributed by atoms with van der Waals surface area (Å²) in [5.74, 6) is 4.06. The van der Waals surface area contributed by atoms with Crippen LogP contribution >= 0.6 is 11.3 Å². The van der Waals surface area contributed by atoms with Gasteiger partial charge >= 0.3 is 0 Å². The first-order chi connectivity index (χ1) is 18.6. The number of aliphatic hydroxyl groups is 2. The van der Waals surface area contributed by atoms with Gasteiger partial charge in [-0.25, -0.2) is 4.98 Å². The van der Waals surface area contributed by atoms with Crippen LogP contribution in [0.15, 0.2) is 18.2 Å². The Labute approximate surface area is 236 Å². The van der Waals surface area contributed by atoms with Crippen LogP contribution in [-0.4, -0.2) is 40.4 Å². The SMILES string of the molecule is COc1ccc2nc(NC(=O)CCC(C)C3CCC4C5CCC6CC(O)CCC6(C)C5CC(O)C34C)sc2c1. The molecule has 214 valence electrons. The molecule has 1 aromatic heterocycles. The molecule has 10 atom stereocenters. The van der Waals surface area contributed by atoms with Gasteiger partial charge in [-0.15, -0.1) is 0 Å². The van der Waals surface area contributed by atoms with Crippen molar-refractivity contribution in [2.45, 2.75) is 97.2 Å². The molecule has 1 amide bonds. The molecule has 1 heterocycles. The molecule has 0 aliphatic heterocycles. The number of aromatic nitrogens is 1. The quantitative estimate of drug-likeness (QED) is 0.372. The van der Waals surface area contributed by atoms with E-state index in [0.29, 0.717) is 47.1 Å². The van der Waals surface area contributed by atoms with E-state index in [0.717, 1.165) is 54.5 Å². The first-order valence-corrected chi connectivity index (χ1v) is 16.1. The van der Waals surface area contributed by atoms with E-state index in [1.807, 2.05) is 18.2 Å². The molecule has 6 rings (SSSR count). The number of thiazole rings is 1. The standard InChI is InChI=1S/C32H46N2O4S/c1-18(5-12-29(37)34-30-33-26-11-7-21(38-4)16-27(26)39-30)23-9-10-24-22-8-6-19-15-20(35)13-14-31(19,2)25(22)17-28(36)32(23,24)3/h7,11,16,18-20,22-25,28,35-36H,5-6,8-10,12-15,17H2,1-4H3,(H,33,34,37). The zero-order valence-electron chi connectivity index (χ0n) is 24.0. The van der Waals surface area contributed by atoms with E-state index in [4.69, 9.17) is 4.74 Å². The molecule has 0 bridgehead atoms. The molecule has 0 saturated heterocycles. The molecule has 2 aromatic rings. The van der Waals surface area contributed by atoms with E-state index in [2.05, 4.69) is 31.1 Å². The number of fused-ring (bicyclic) bond motifs is 6. The summed E-state index contributed by atoms with van der Waals surface area (Å²) >= 11 is 1.48. The topological polar surface area (TPSA) is 91.7 Å². The molecule has 1 aromatic carbocycles. The number of amides is 1. The summed E-state index contributed by atoms with van der Waals surface area (Å²) in [6.45, 7) is 7.15. The van der Waals surface area contributed by atoms with E-state index in [1.165, 1.54) is 30.6 Å².